The molecule has 24 heavy (non-hydrogen) atoms. The summed E-state index contributed by atoms with van der Waals surface area (Å²) in [5, 5.41) is 2.92. The van der Waals surface area contributed by atoms with E-state index in [-0.39, 0.29) is 23.5 Å². The molecule has 0 spiro atoms. The third kappa shape index (κ3) is 4.55. The molecule has 0 fully saturated rings. The number of amides is 1. The lowest BCUT2D eigenvalue weighted by atomic mass is 10.1. The maximum atomic E-state index is 13.8. The van der Waals surface area contributed by atoms with E-state index in [1.165, 1.54) is 13.2 Å². The van der Waals surface area contributed by atoms with Crippen LogP contribution < -0.4 is 15.0 Å². The van der Waals surface area contributed by atoms with Gasteiger partial charge in [-0.05, 0) is 44.2 Å². The van der Waals surface area contributed by atoms with Crippen LogP contribution in [-0.4, -0.2) is 25.6 Å². The number of likely N-dealkylation sites (N-methyl/N-ethyl adjacent to an activating group) is 1. The molecule has 0 aromatic heterocycles. The van der Waals surface area contributed by atoms with E-state index in [9.17, 15) is 9.18 Å². The predicted octanol–water partition coefficient (Wildman–Crippen LogP) is 2.27. The number of nitrogens with one attached hydrogen (secondary N) is 2. The van der Waals surface area contributed by atoms with Crippen LogP contribution in [0.3, 0.4) is 0 Å². The minimum absolute atomic E-state index is 0.0490. The van der Waals surface area contributed by atoms with Gasteiger partial charge in [-0.3, -0.25) is 4.79 Å². The Bertz CT molecular complexity index is 676. The summed E-state index contributed by atoms with van der Waals surface area (Å²) in [7, 11) is 1.44. The average Bonchev–Trinajstić information content (AvgIpc) is 2.60. The van der Waals surface area contributed by atoms with E-state index in [1.807, 2.05) is 50.2 Å². The van der Waals surface area contributed by atoms with Crippen LogP contribution in [0.5, 0.6) is 5.75 Å². The number of halogens is 1. The molecular weight excluding hydrogens is 307 g/mol. The first-order chi connectivity index (χ1) is 11.5. The number of hydrogen-bond donors (Lipinski definition) is 2. The molecule has 2 atom stereocenters. The Hall–Kier alpha value is -2.40. The van der Waals surface area contributed by atoms with Gasteiger partial charge in [0, 0.05) is 11.3 Å². The zero-order valence-corrected chi connectivity index (χ0v) is 14.3. The highest BCUT2D eigenvalue weighted by Crippen LogP contribution is 2.17. The van der Waals surface area contributed by atoms with Crippen molar-refractivity contribution in [2.75, 3.05) is 19.0 Å². The second-order valence-corrected chi connectivity index (χ2v) is 5.73. The Balaban J connectivity index is 2.04. The number of quaternary nitrogens is 1. The van der Waals surface area contributed by atoms with Gasteiger partial charge in [0.15, 0.2) is 17.6 Å². The fourth-order valence-electron chi connectivity index (χ4n) is 2.62. The lowest BCUT2D eigenvalue weighted by Crippen LogP contribution is -3.15. The van der Waals surface area contributed by atoms with Crippen LogP contribution in [0.2, 0.25) is 0 Å². The standard InChI is InChI=1S/C19H23FN2O2/c1-4-22(13-15-10-11-18(24-3)17(20)12-15)14(2)19(23)21-16-8-6-5-7-9-16/h5-12,14H,4,13H2,1-3H3,(H,21,23)/p+1/t14-/m0/s1. The number of anilines is 1. The largest absolute Gasteiger partial charge is 0.494 e. The first kappa shape index (κ1) is 17.9. The fourth-order valence-corrected chi connectivity index (χ4v) is 2.62. The maximum absolute atomic E-state index is 13.8. The predicted molar refractivity (Wildman–Crippen MR) is 92.7 cm³/mol. The van der Waals surface area contributed by atoms with Crippen LogP contribution in [0, 0.1) is 5.82 Å². The number of methoxy groups -OCH3 is 1. The minimum Gasteiger partial charge on any atom is -0.494 e. The van der Waals surface area contributed by atoms with Crippen molar-refractivity contribution in [3.05, 3.63) is 59.9 Å². The van der Waals surface area contributed by atoms with Gasteiger partial charge in [0.05, 0.1) is 13.7 Å². The van der Waals surface area contributed by atoms with E-state index in [2.05, 4.69) is 5.32 Å². The van der Waals surface area contributed by atoms with E-state index >= 15 is 0 Å². The Labute approximate surface area is 142 Å². The monoisotopic (exact) mass is 331 g/mol. The number of carbonyl (C=O) groups is 1. The third-order valence-corrected chi connectivity index (χ3v) is 4.15. The molecule has 0 radical (unpaired) electrons. The normalized spacial score (nSPS) is 13.2. The summed E-state index contributed by atoms with van der Waals surface area (Å²) in [6.07, 6.45) is 0. The van der Waals surface area contributed by atoms with Crippen LogP contribution in [0.1, 0.15) is 19.4 Å². The van der Waals surface area contributed by atoms with Crippen molar-refractivity contribution >= 4 is 11.6 Å². The molecule has 2 rings (SSSR count). The van der Waals surface area contributed by atoms with Gasteiger partial charge < -0.3 is 15.0 Å². The summed E-state index contributed by atoms with van der Waals surface area (Å²) >= 11 is 0. The van der Waals surface area contributed by atoms with Crippen LogP contribution >= 0.6 is 0 Å². The van der Waals surface area contributed by atoms with Crippen molar-refractivity contribution < 1.29 is 18.8 Å². The second-order valence-electron chi connectivity index (χ2n) is 5.73. The molecule has 0 saturated heterocycles. The van der Waals surface area contributed by atoms with Crippen molar-refractivity contribution in [2.24, 2.45) is 0 Å². The van der Waals surface area contributed by atoms with Crippen LogP contribution in [0.15, 0.2) is 48.5 Å². The molecule has 2 N–H and O–H groups in total. The Morgan fingerprint density at radius 3 is 2.54 bits per heavy atom. The molecule has 4 nitrogen and oxygen atoms in total. The van der Waals surface area contributed by atoms with Gasteiger partial charge in [-0.15, -0.1) is 0 Å². The highest BCUT2D eigenvalue weighted by Gasteiger charge is 2.24. The number of para-hydroxylation sites is 1. The first-order valence-corrected chi connectivity index (χ1v) is 8.08. The van der Waals surface area contributed by atoms with E-state index in [0.717, 1.165) is 22.7 Å². The lowest BCUT2D eigenvalue weighted by molar-refractivity contribution is -0.925. The van der Waals surface area contributed by atoms with Crippen LogP contribution in [-0.2, 0) is 11.3 Å². The average molecular weight is 331 g/mol. The number of hydrogen-bond acceptors (Lipinski definition) is 2. The van der Waals surface area contributed by atoms with Crippen molar-refractivity contribution in [1.82, 2.24) is 0 Å². The van der Waals surface area contributed by atoms with E-state index in [0.29, 0.717) is 6.54 Å². The Kier molecular flexibility index (Phi) is 6.32. The summed E-state index contributed by atoms with van der Waals surface area (Å²) in [6.45, 7) is 5.23. The number of carbonyl (C=O) groups excluding carboxylic acids is 1. The third-order valence-electron chi connectivity index (χ3n) is 4.15. The summed E-state index contributed by atoms with van der Waals surface area (Å²) < 4.78 is 18.8. The number of benzene rings is 2. The second kappa shape index (κ2) is 8.45. The summed E-state index contributed by atoms with van der Waals surface area (Å²) in [4.78, 5) is 13.5. The Morgan fingerprint density at radius 1 is 1.25 bits per heavy atom. The van der Waals surface area contributed by atoms with Crippen LogP contribution in [0.4, 0.5) is 10.1 Å². The fraction of sp³-hybridized carbons (Fsp3) is 0.316. The van der Waals surface area contributed by atoms with Gasteiger partial charge in [-0.1, -0.05) is 18.2 Å². The van der Waals surface area contributed by atoms with Crippen LogP contribution in [0.25, 0.3) is 0 Å². The molecule has 0 aliphatic rings. The van der Waals surface area contributed by atoms with E-state index in [4.69, 9.17) is 4.74 Å². The first-order valence-electron chi connectivity index (χ1n) is 8.08. The van der Waals surface area contributed by atoms with Gasteiger partial charge >= 0.3 is 0 Å². The summed E-state index contributed by atoms with van der Waals surface area (Å²) in [5.41, 5.74) is 1.62. The quantitative estimate of drug-likeness (QED) is 0.817. The van der Waals surface area contributed by atoms with E-state index in [1.54, 1.807) is 6.07 Å². The SMILES string of the molecule is CC[NH+](Cc1ccc(OC)c(F)c1)[C@@H](C)C(=O)Nc1ccccc1. The molecule has 0 heterocycles. The smallest absolute Gasteiger partial charge is 0.282 e. The zero-order chi connectivity index (χ0) is 17.5. The Morgan fingerprint density at radius 2 is 1.96 bits per heavy atom. The zero-order valence-electron chi connectivity index (χ0n) is 14.3. The number of rotatable bonds is 7. The molecule has 0 aliphatic heterocycles. The summed E-state index contributed by atoms with van der Waals surface area (Å²) in [6, 6.07) is 14.0. The topological polar surface area (TPSA) is 42.8 Å². The molecule has 0 saturated carbocycles. The van der Waals surface area contributed by atoms with Gasteiger partial charge in [-0.2, -0.15) is 0 Å². The molecular formula is C19H24FN2O2+. The molecule has 0 aliphatic carbocycles. The maximum Gasteiger partial charge on any atom is 0.282 e. The highest BCUT2D eigenvalue weighted by atomic mass is 19.1. The molecule has 5 heteroatoms. The molecule has 128 valence electrons. The van der Waals surface area contributed by atoms with E-state index < -0.39 is 0 Å². The molecule has 0 bridgehead atoms. The van der Waals surface area contributed by atoms with Gasteiger partial charge in [0.25, 0.3) is 5.91 Å². The molecule has 2 aromatic rings. The molecule has 1 amide bonds. The van der Waals surface area contributed by atoms with Crippen molar-refractivity contribution in [3.63, 3.8) is 0 Å². The molecule has 2 aromatic carbocycles. The number of ether oxygens (including phenoxy) is 1. The molecule has 1 unspecified atom stereocenters. The van der Waals surface area contributed by atoms with Gasteiger partial charge in [0.2, 0.25) is 0 Å². The van der Waals surface area contributed by atoms with Crippen molar-refractivity contribution in [3.8, 4) is 5.75 Å². The lowest BCUT2D eigenvalue weighted by Gasteiger charge is -2.24. The van der Waals surface area contributed by atoms with Gasteiger partial charge in [0.1, 0.15) is 6.54 Å². The van der Waals surface area contributed by atoms with Crippen molar-refractivity contribution in [1.29, 1.82) is 0 Å². The summed E-state index contributed by atoms with van der Waals surface area (Å²) in [5.74, 6) is -0.203. The highest BCUT2D eigenvalue weighted by molar-refractivity contribution is 5.93. The van der Waals surface area contributed by atoms with Gasteiger partial charge in [-0.25, -0.2) is 4.39 Å². The minimum atomic E-state index is -0.383. The van der Waals surface area contributed by atoms with Crippen molar-refractivity contribution in [2.45, 2.75) is 26.4 Å².